The number of nitrogens with two attached hydrogens (primary N) is 1. The standard InChI is InChI=1S/C23H19N3O2/c1-14(24)12-15-6-8-16(9-7-15)22-25-23(28-26-22)17-10-11-21-19(13-17)18-4-2-3-5-20(18)27-21/h2-11,13-14H,12,24H2,1H3/t14-/m0/s1. The van der Waals surface area contributed by atoms with E-state index in [2.05, 4.69) is 22.3 Å². The van der Waals surface area contributed by atoms with Crippen LogP contribution in [-0.2, 0) is 6.42 Å². The molecule has 0 radical (unpaired) electrons. The van der Waals surface area contributed by atoms with Gasteiger partial charge in [-0.15, -0.1) is 0 Å². The number of para-hydroxylation sites is 1. The molecular weight excluding hydrogens is 350 g/mol. The minimum absolute atomic E-state index is 0.136. The topological polar surface area (TPSA) is 78.1 Å². The van der Waals surface area contributed by atoms with Gasteiger partial charge in [0, 0.05) is 27.9 Å². The minimum Gasteiger partial charge on any atom is -0.456 e. The summed E-state index contributed by atoms with van der Waals surface area (Å²) in [7, 11) is 0. The van der Waals surface area contributed by atoms with Crippen molar-refractivity contribution in [2.24, 2.45) is 5.73 Å². The molecule has 0 aliphatic carbocycles. The number of rotatable bonds is 4. The number of aromatic nitrogens is 2. The Balaban J connectivity index is 1.49. The van der Waals surface area contributed by atoms with Crippen molar-refractivity contribution < 1.29 is 8.94 Å². The number of benzene rings is 3. The van der Waals surface area contributed by atoms with Gasteiger partial charge in [0.2, 0.25) is 5.82 Å². The Bertz CT molecular complexity index is 1270. The Morgan fingerprint density at radius 1 is 0.893 bits per heavy atom. The molecule has 28 heavy (non-hydrogen) atoms. The Hall–Kier alpha value is -3.44. The lowest BCUT2D eigenvalue weighted by Gasteiger charge is -2.04. The lowest BCUT2D eigenvalue weighted by molar-refractivity contribution is 0.432. The molecule has 5 heteroatoms. The number of hydrogen-bond donors (Lipinski definition) is 1. The van der Waals surface area contributed by atoms with Crippen LogP contribution in [0.5, 0.6) is 0 Å². The highest BCUT2D eigenvalue weighted by molar-refractivity contribution is 6.06. The van der Waals surface area contributed by atoms with Crippen LogP contribution in [-0.4, -0.2) is 16.2 Å². The van der Waals surface area contributed by atoms with Crippen molar-refractivity contribution in [2.75, 3.05) is 0 Å². The molecule has 3 aromatic carbocycles. The van der Waals surface area contributed by atoms with E-state index < -0.39 is 0 Å². The van der Waals surface area contributed by atoms with Crippen LogP contribution in [0.1, 0.15) is 12.5 Å². The molecule has 0 amide bonds. The fourth-order valence-corrected chi connectivity index (χ4v) is 3.48. The largest absolute Gasteiger partial charge is 0.456 e. The molecule has 1 atom stereocenters. The van der Waals surface area contributed by atoms with Crippen molar-refractivity contribution >= 4 is 21.9 Å². The van der Waals surface area contributed by atoms with Gasteiger partial charge in [0.1, 0.15) is 11.2 Å². The van der Waals surface area contributed by atoms with Gasteiger partial charge < -0.3 is 14.7 Å². The lowest BCUT2D eigenvalue weighted by atomic mass is 10.1. The van der Waals surface area contributed by atoms with Gasteiger partial charge in [-0.05, 0) is 43.2 Å². The SMILES string of the molecule is C[C@H](N)Cc1ccc(-c2noc(-c3ccc4oc5ccccc5c4c3)n2)cc1. The van der Waals surface area contributed by atoms with Crippen molar-refractivity contribution in [3.05, 3.63) is 72.3 Å². The maximum atomic E-state index is 5.88. The highest BCUT2D eigenvalue weighted by Crippen LogP contribution is 2.32. The minimum atomic E-state index is 0.136. The molecule has 0 saturated carbocycles. The molecule has 5 rings (SSSR count). The Morgan fingerprint density at radius 2 is 1.64 bits per heavy atom. The van der Waals surface area contributed by atoms with E-state index in [4.69, 9.17) is 14.7 Å². The van der Waals surface area contributed by atoms with Crippen molar-refractivity contribution in [1.29, 1.82) is 0 Å². The summed E-state index contributed by atoms with van der Waals surface area (Å²) in [6, 6.07) is 22.1. The van der Waals surface area contributed by atoms with Gasteiger partial charge >= 0.3 is 0 Å². The van der Waals surface area contributed by atoms with Gasteiger partial charge in [0.15, 0.2) is 0 Å². The van der Waals surface area contributed by atoms with Crippen molar-refractivity contribution in [1.82, 2.24) is 10.1 Å². The molecule has 2 N–H and O–H groups in total. The van der Waals surface area contributed by atoms with Crippen molar-refractivity contribution in [3.8, 4) is 22.8 Å². The van der Waals surface area contributed by atoms with Crippen molar-refractivity contribution in [3.63, 3.8) is 0 Å². The van der Waals surface area contributed by atoms with Crippen LogP contribution in [0.2, 0.25) is 0 Å². The second kappa shape index (κ2) is 6.62. The van der Waals surface area contributed by atoms with Crippen LogP contribution in [0.4, 0.5) is 0 Å². The van der Waals surface area contributed by atoms with E-state index in [9.17, 15) is 0 Å². The summed E-state index contributed by atoms with van der Waals surface area (Å²) in [5.41, 5.74) is 10.5. The maximum absolute atomic E-state index is 5.88. The normalized spacial score (nSPS) is 12.6. The predicted octanol–water partition coefficient (Wildman–Crippen LogP) is 5.19. The number of fused-ring (bicyclic) bond motifs is 3. The lowest BCUT2D eigenvalue weighted by Crippen LogP contribution is -2.17. The molecule has 5 aromatic rings. The van der Waals surface area contributed by atoms with E-state index in [1.165, 1.54) is 5.56 Å². The van der Waals surface area contributed by atoms with Crippen LogP contribution < -0.4 is 5.73 Å². The Labute approximate surface area is 161 Å². The fourth-order valence-electron chi connectivity index (χ4n) is 3.48. The zero-order chi connectivity index (χ0) is 19.1. The molecule has 0 spiro atoms. The summed E-state index contributed by atoms with van der Waals surface area (Å²) >= 11 is 0. The van der Waals surface area contributed by atoms with Crippen LogP contribution in [0, 0.1) is 0 Å². The quantitative estimate of drug-likeness (QED) is 0.471. The van der Waals surface area contributed by atoms with E-state index in [0.717, 1.165) is 39.5 Å². The number of nitrogens with zero attached hydrogens (tertiary/aromatic N) is 2. The molecule has 138 valence electrons. The predicted molar refractivity (Wildman–Crippen MR) is 110 cm³/mol. The van der Waals surface area contributed by atoms with E-state index in [1.807, 2.05) is 61.5 Å². The summed E-state index contributed by atoms with van der Waals surface area (Å²) in [5.74, 6) is 1.06. The smallest absolute Gasteiger partial charge is 0.258 e. The molecule has 2 aromatic heterocycles. The Morgan fingerprint density at radius 3 is 2.46 bits per heavy atom. The monoisotopic (exact) mass is 369 g/mol. The second-order valence-electron chi connectivity index (χ2n) is 7.11. The third-order valence-electron chi connectivity index (χ3n) is 4.82. The third-order valence-corrected chi connectivity index (χ3v) is 4.82. The second-order valence-corrected chi connectivity index (χ2v) is 7.11. The first kappa shape index (κ1) is 16.7. The summed E-state index contributed by atoms with van der Waals surface area (Å²) in [6.45, 7) is 2.00. The Kier molecular flexibility index (Phi) is 3.95. The highest BCUT2D eigenvalue weighted by atomic mass is 16.5. The van der Waals surface area contributed by atoms with E-state index >= 15 is 0 Å². The zero-order valence-corrected chi connectivity index (χ0v) is 15.4. The van der Waals surface area contributed by atoms with Crippen LogP contribution in [0.3, 0.4) is 0 Å². The zero-order valence-electron chi connectivity index (χ0n) is 15.4. The molecule has 0 fully saturated rings. The van der Waals surface area contributed by atoms with Gasteiger partial charge in [0.25, 0.3) is 5.89 Å². The first-order valence-electron chi connectivity index (χ1n) is 9.28. The molecule has 5 nitrogen and oxygen atoms in total. The molecular formula is C23H19N3O2. The van der Waals surface area contributed by atoms with Gasteiger partial charge in [-0.1, -0.05) is 47.6 Å². The molecule has 0 bridgehead atoms. The molecule has 0 saturated heterocycles. The number of hydrogen-bond acceptors (Lipinski definition) is 5. The summed E-state index contributed by atoms with van der Waals surface area (Å²) in [4.78, 5) is 4.58. The van der Waals surface area contributed by atoms with E-state index in [1.54, 1.807) is 0 Å². The van der Waals surface area contributed by atoms with Gasteiger partial charge in [0.05, 0.1) is 0 Å². The molecule has 0 unspecified atom stereocenters. The van der Waals surface area contributed by atoms with Crippen LogP contribution in [0.15, 0.2) is 75.7 Å². The van der Waals surface area contributed by atoms with Gasteiger partial charge in [-0.2, -0.15) is 4.98 Å². The van der Waals surface area contributed by atoms with Crippen molar-refractivity contribution in [2.45, 2.75) is 19.4 Å². The summed E-state index contributed by atoms with van der Waals surface area (Å²) in [6.07, 6.45) is 0.844. The third kappa shape index (κ3) is 2.96. The molecule has 0 aliphatic rings. The average Bonchev–Trinajstić information content (AvgIpc) is 3.32. The van der Waals surface area contributed by atoms with Gasteiger partial charge in [-0.3, -0.25) is 0 Å². The van der Waals surface area contributed by atoms with E-state index in [0.29, 0.717) is 11.7 Å². The summed E-state index contributed by atoms with van der Waals surface area (Å²) in [5, 5.41) is 6.26. The van der Waals surface area contributed by atoms with E-state index in [-0.39, 0.29) is 6.04 Å². The summed E-state index contributed by atoms with van der Waals surface area (Å²) < 4.78 is 11.4. The molecule has 2 heterocycles. The first-order valence-corrected chi connectivity index (χ1v) is 9.28. The van der Waals surface area contributed by atoms with Crippen LogP contribution in [0.25, 0.3) is 44.8 Å². The first-order chi connectivity index (χ1) is 13.7. The number of furan rings is 1. The maximum Gasteiger partial charge on any atom is 0.258 e. The molecule has 0 aliphatic heterocycles. The highest BCUT2D eigenvalue weighted by Gasteiger charge is 2.13. The fraction of sp³-hybridized carbons (Fsp3) is 0.130. The average molecular weight is 369 g/mol. The van der Waals surface area contributed by atoms with Crippen LogP contribution >= 0.6 is 0 Å². The van der Waals surface area contributed by atoms with Gasteiger partial charge in [-0.25, -0.2) is 0 Å².